The normalized spacial score (nSPS) is 18.2. The largest absolute Gasteiger partial charge is 0.486 e. The van der Waals surface area contributed by atoms with Gasteiger partial charge in [-0.05, 0) is 55.7 Å². The Kier molecular flexibility index (Phi) is 4.29. The van der Waals surface area contributed by atoms with E-state index in [4.69, 9.17) is 4.74 Å². The molecule has 0 saturated carbocycles. The summed E-state index contributed by atoms with van der Waals surface area (Å²) in [6, 6.07) is 11.6. The van der Waals surface area contributed by atoms with E-state index in [-0.39, 0.29) is 11.7 Å². The maximum atomic E-state index is 12.9. The molecule has 4 heteroatoms. The van der Waals surface area contributed by atoms with E-state index >= 15 is 0 Å². The van der Waals surface area contributed by atoms with Crippen molar-refractivity contribution in [3.63, 3.8) is 0 Å². The lowest BCUT2D eigenvalue weighted by molar-refractivity contribution is -0.00576. The molecule has 2 aromatic rings. The van der Waals surface area contributed by atoms with Crippen LogP contribution < -0.4 is 4.74 Å². The zero-order valence-electron chi connectivity index (χ0n) is 16.2. The second-order valence-electron chi connectivity index (χ2n) is 7.92. The Hall–Kier alpha value is -2.62. The van der Waals surface area contributed by atoms with Crippen LogP contribution in [0.5, 0.6) is 5.75 Å². The number of piperidine rings is 1. The van der Waals surface area contributed by atoms with Gasteiger partial charge in [-0.3, -0.25) is 9.59 Å². The van der Waals surface area contributed by atoms with E-state index in [2.05, 4.69) is 0 Å². The van der Waals surface area contributed by atoms with E-state index in [1.807, 2.05) is 62.1 Å². The molecule has 2 aliphatic heterocycles. The van der Waals surface area contributed by atoms with E-state index in [0.717, 1.165) is 22.3 Å². The van der Waals surface area contributed by atoms with Crippen molar-refractivity contribution in [3.8, 4) is 5.75 Å². The van der Waals surface area contributed by atoms with Crippen LogP contribution in [0.3, 0.4) is 0 Å². The number of ketones is 1. The Balaban J connectivity index is 1.52. The number of hydrogen-bond donors (Lipinski definition) is 0. The lowest BCUT2D eigenvalue weighted by Crippen LogP contribution is -2.52. The standard InChI is InChI=1S/C23H25NO3/c1-15-6-4-5-7-18(15)22(26)24-10-8-23(9-11-24)14-20(25)19-12-16(2)17(3)13-21(19)27-23/h4-7,12-13H,8-11,14H2,1-3H3. The first-order valence-corrected chi connectivity index (χ1v) is 9.57. The van der Waals surface area contributed by atoms with Crippen LogP contribution in [0.2, 0.25) is 0 Å². The van der Waals surface area contributed by atoms with Crippen LogP contribution in [0, 0.1) is 20.8 Å². The molecule has 4 rings (SSSR count). The number of ether oxygens (including phenoxy) is 1. The number of fused-ring (bicyclic) bond motifs is 1. The highest BCUT2D eigenvalue weighted by atomic mass is 16.5. The van der Waals surface area contributed by atoms with Gasteiger partial charge in [0.15, 0.2) is 5.78 Å². The predicted molar refractivity (Wildman–Crippen MR) is 105 cm³/mol. The summed E-state index contributed by atoms with van der Waals surface area (Å²) in [6.07, 6.45) is 1.76. The summed E-state index contributed by atoms with van der Waals surface area (Å²) in [4.78, 5) is 27.5. The fourth-order valence-electron chi connectivity index (χ4n) is 4.13. The van der Waals surface area contributed by atoms with Crippen molar-refractivity contribution < 1.29 is 14.3 Å². The molecule has 1 fully saturated rings. The smallest absolute Gasteiger partial charge is 0.254 e. The van der Waals surface area contributed by atoms with Crippen molar-refractivity contribution in [3.05, 3.63) is 64.2 Å². The van der Waals surface area contributed by atoms with Gasteiger partial charge in [0.05, 0.1) is 12.0 Å². The van der Waals surface area contributed by atoms with Gasteiger partial charge in [-0.15, -0.1) is 0 Å². The molecule has 0 atom stereocenters. The van der Waals surface area contributed by atoms with E-state index in [1.54, 1.807) is 0 Å². The first kappa shape index (κ1) is 17.8. The van der Waals surface area contributed by atoms with Crippen molar-refractivity contribution in [2.24, 2.45) is 0 Å². The molecule has 2 heterocycles. The lowest BCUT2D eigenvalue weighted by Gasteiger charge is -2.44. The highest BCUT2D eigenvalue weighted by molar-refractivity contribution is 6.01. The summed E-state index contributed by atoms with van der Waals surface area (Å²) in [6.45, 7) is 7.24. The van der Waals surface area contributed by atoms with Gasteiger partial charge in [0.25, 0.3) is 5.91 Å². The average molecular weight is 363 g/mol. The minimum atomic E-state index is -0.478. The Morgan fingerprint density at radius 1 is 1.00 bits per heavy atom. The molecule has 1 saturated heterocycles. The van der Waals surface area contributed by atoms with Crippen LogP contribution in [0.1, 0.15) is 56.7 Å². The van der Waals surface area contributed by atoms with Gasteiger partial charge in [0, 0.05) is 31.5 Å². The fraction of sp³-hybridized carbons (Fsp3) is 0.391. The van der Waals surface area contributed by atoms with Crippen LogP contribution >= 0.6 is 0 Å². The van der Waals surface area contributed by atoms with Crippen molar-refractivity contribution in [1.29, 1.82) is 0 Å². The van der Waals surface area contributed by atoms with E-state index in [0.29, 0.717) is 43.7 Å². The SMILES string of the molecule is Cc1cc2c(cc1C)C(=O)CC1(CCN(C(=O)c3ccccc3C)CC1)O2. The van der Waals surface area contributed by atoms with Crippen molar-refractivity contribution in [1.82, 2.24) is 4.90 Å². The Bertz CT molecular complexity index is 923. The molecule has 140 valence electrons. The fourth-order valence-corrected chi connectivity index (χ4v) is 4.13. The molecule has 4 nitrogen and oxygen atoms in total. The number of hydrogen-bond acceptors (Lipinski definition) is 3. The quantitative estimate of drug-likeness (QED) is 0.761. The number of nitrogens with zero attached hydrogens (tertiary/aromatic N) is 1. The van der Waals surface area contributed by atoms with Crippen LogP contribution in [0.25, 0.3) is 0 Å². The Morgan fingerprint density at radius 2 is 1.67 bits per heavy atom. The predicted octanol–water partition coefficient (Wildman–Crippen LogP) is 4.25. The maximum absolute atomic E-state index is 12.9. The number of benzene rings is 2. The zero-order chi connectivity index (χ0) is 19.2. The third-order valence-electron chi connectivity index (χ3n) is 6.04. The van der Waals surface area contributed by atoms with Crippen LogP contribution in [0.15, 0.2) is 36.4 Å². The zero-order valence-corrected chi connectivity index (χ0v) is 16.2. The highest BCUT2D eigenvalue weighted by Crippen LogP contribution is 2.40. The van der Waals surface area contributed by atoms with Gasteiger partial charge in [0.2, 0.25) is 0 Å². The number of rotatable bonds is 1. The molecular weight excluding hydrogens is 338 g/mol. The van der Waals surface area contributed by atoms with Crippen LogP contribution in [0.4, 0.5) is 0 Å². The van der Waals surface area contributed by atoms with Crippen molar-refractivity contribution >= 4 is 11.7 Å². The average Bonchev–Trinajstić information content (AvgIpc) is 2.64. The maximum Gasteiger partial charge on any atom is 0.254 e. The minimum Gasteiger partial charge on any atom is -0.486 e. The molecule has 27 heavy (non-hydrogen) atoms. The molecule has 0 aliphatic carbocycles. The topological polar surface area (TPSA) is 46.6 Å². The van der Waals surface area contributed by atoms with E-state index in [1.165, 1.54) is 0 Å². The summed E-state index contributed by atoms with van der Waals surface area (Å²) in [5, 5.41) is 0. The number of carbonyl (C=O) groups excluding carboxylic acids is 2. The molecular formula is C23H25NO3. The number of amides is 1. The second-order valence-corrected chi connectivity index (χ2v) is 7.92. The van der Waals surface area contributed by atoms with Crippen molar-refractivity contribution in [2.75, 3.05) is 13.1 Å². The van der Waals surface area contributed by atoms with Crippen molar-refractivity contribution in [2.45, 2.75) is 45.6 Å². The molecule has 2 aliphatic rings. The third kappa shape index (κ3) is 3.14. The Morgan fingerprint density at radius 3 is 2.37 bits per heavy atom. The Labute approximate surface area is 160 Å². The second kappa shape index (κ2) is 6.52. The lowest BCUT2D eigenvalue weighted by atomic mass is 9.81. The molecule has 2 aromatic carbocycles. The first-order valence-electron chi connectivity index (χ1n) is 9.57. The van der Waals surface area contributed by atoms with Gasteiger partial charge >= 0.3 is 0 Å². The highest BCUT2D eigenvalue weighted by Gasteiger charge is 2.43. The number of carbonyl (C=O) groups is 2. The van der Waals surface area contributed by atoms with E-state index < -0.39 is 5.60 Å². The van der Waals surface area contributed by atoms with Crippen LogP contribution in [-0.2, 0) is 0 Å². The van der Waals surface area contributed by atoms with Gasteiger partial charge < -0.3 is 9.64 Å². The molecule has 0 unspecified atom stereocenters. The van der Waals surface area contributed by atoms with Gasteiger partial charge in [-0.2, -0.15) is 0 Å². The summed E-state index contributed by atoms with van der Waals surface area (Å²) < 4.78 is 6.37. The monoisotopic (exact) mass is 363 g/mol. The third-order valence-corrected chi connectivity index (χ3v) is 6.04. The summed E-state index contributed by atoms with van der Waals surface area (Å²) in [5.74, 6) is 0.919. The van der Waals surface area contributed by atoms with E-state index in [9.17, 15) is 9.59 Å². The number of likely N-dealkylation sites (tertiary alicyclic amines) is 1. The molecule has 0 N–H and O–H groups in total. The van der Waals surface area contributed by atoms with Gasteiger partial charge in [-0.1, -0.05) is 18.2 Å². The summed E-state index contributed by atoms with van der Waals surface area (Å²) in [5.41, 5.74) is 4.21. The summed E-state index contributed by atoms with van der Waals surface area (Å²) in [7, 11) is 0. The van der Waals surface area contributed by atoms with Crippen LogP contribution in [-0.4, -0.2) is 35.3 Å². The molecule has 0 bridgehead atoms. The molecule has 1 amide bonds. The van der Waals surface area contributed by atoms with Gasteiger partial charge in [-0.25, -0.2) is 0 Å². The van der Waals surface area contributed by atoms with Gasteiger partial charge in [0.1, 0.15) is 11.4 Å². The first-order chi connectivity index (χ1) is 12.9. The molecule has 1 spiro atoms. The minimum absolute atomic E-state index is 0.0666. The molecule has 0 aromatic heterocycles. The molecule has 0 radical (unpaired) electrons. The number of Topliss-reactive ketones (excluding diaryl/α,β-unsaturated/α-hetero) is 1. The number of aryl methyl sites for hydroxylation is 3. The summed E-state index contributed by atoms with van der Waals surface area (Å²) >= 11 is 0.